The minimum Gasteiger partial charge on any atom is -0.493 e. The summed E-state index contributed by atoms with van der Waals surface area (Å²) in [5.74, 6) is 2.01. The van der Waals surface area contributed by atoms with Crippen molar-refractivity contribution >= 4 is 5.91 Å². The smallest absolute Gasteiger partial charge is 0.224 e. The molecule has 0 radical (unpaired) electrons. The number of ether oxygens (including phenoxy) is 3. The number of carbonyl (C=O) groups excluding carboxylic acids is 1. The third-order valence-electron chi connectivity index (χ3n) is 3.50. The van der Waals surface area contributed by atoms with E-state index >= 15 is 0 Å². The van der Waals surface area contributed by atoms with Gasteiger partial charge in [0, 0.05) is 0 Å². The lowest BCUT2D eigenvalue weighted by molar-refractivity contribution is -0.120. The van der Waals surface area contributed by atoms with Crippen LogP contribution in [0.3, 0.4) is 0 Å². The maximum atomic E-state index is 12.0. The van der Waals surface area contributed by atoms with Crippen molar-refractivity contribution in [1.82, 2.24) is 5.32 Å². The van der Waals surface area contributed by atoms with Gasteiger partial charge in [0.1, 0.15) is 12.4 Å². The normalized spacial score (nSPS) is 10.1. The lowest BCUT2D eigenvalue weighted by Gasteiger charge is -2.10. The Bertz CT molecular complexity index is 685. The van der Waals surface area contributed by atoms with Crippen molar-refractivity contribution in [3.05, 3.63) is 53.6 Å². The Morgan fingerprint density at radius 3 is 2.54 bits per heavy atom. The lowest BCUT2D eigenvalue weighted by atomic mass is 10.1. The van der Waals surface area contributed by atoms with Crippen molar-refractivity contribution in [3.63, 3.8) is 0 Å². The van der Waals surface area contributed by atoms with Gasteiger partial charge in [0.25, 0.3) is 0 Å². The molecule has 24 heavy (non-hydrogen) atoms. The summed E-state index contributed by atoms with van der Waals surface area (Å²) in [6.45, 7) is 2.90. The lowest BCUT2D eigenvalue weighted by Crippen LogP contribution is -2.29. The Morgan fingerprint density at radius 1 is 1.04 bits per heavy atom. The molecule has 128 valence electrons. The van der Waals surface area contributed by atoms with Crippen molar-refractivity contribution in [3.8, 4) is 17.2 Å². The molecule has 0 aromatic heterocycles. The number of carbonyl (C=O) groups is 1. The predicted molar refractivity (Wildman–Crippen MR) is 92.9 cm³/mol. The molecule has 0 heterocycles. The van der Waals surface area contributed by atoms with E-state index in [0.717, 1.165) is 16.9 Å². The fourth-order valence-corrected chi connectivity index (χ4v) is 2.30. The minimum atomic E-state index is -0.0601. The molecule has 0 unspecified atom stereocenters. The SMILES string of the molecule is COc1ccc(CC(=O)NCCOc2cccc(C)c2)cc1OC. The van der Waals surface area contributed by atoms with Gasteiger partial charge >= 0.3 is 0 Å². The van der Waals surface area contributed by atoms with Gasteiger partial charge in [0.15, 0.2) is 11.5 Å². The van der Waals surface area contributed by atoms with E-state index < -0.39 is 0 Å². The van der Waals surface area contributed by atoms with Gasteiger partial charge in [0.05, 0.1) is 27.2 Å². The third-order valence-corrected chi connectivity index (χ3v) is 3.50. The van der Waals surface area contributed by atoms with Crippen LogP contribution in [0, 0.1) is 6.92 Å². The van der Waals surface area contributed by atoms with E-state index in [-0.39, 0.29) is 12.3 Å². The summed E-state index contributed by atoms with van der Waals surface area (Å²) in [6, 6.07) is 13.3. The van der Waals surface area contributed by atoms with Crippen molar-refractivity contribution in [2.45, 2.75) is 13.3 Å². The summed E-state index contributed by atoms with van der Waals surface area (Å²) < 4.78 is 16.0. The van der Waals surface area contributed by atoms with Gasteiger partial charge < -0.3 is 19.5 Å². The summed E-state index contributed by atoms with van der Waals surface area (Å²) in [4.78, 5) is 12.0. The highest BCUT2D eigenvalue weighted by atomic mass is 16.5. The Kier molecular flexibility index (Phi) is 6.49. The summed E-state index contributed by atoms with van der Waals surface area (Å²) in [7, 11) is 3.16. The zero-order chi connectivity index (χ0) is 17.4. The van der Waals surface area contributed by atoms with Gasteiger partial charge in [-0.05, 0) is 42.3 Å². The van der Waals surface area contributed by atoms with Gasteiger partial charge in [-0.1, -0.05) is 18.2 Å². The second kappa shape index (κ2) is 8.82. The second-order valence-electron chi connectivity index (χ2n) is 5.38. The van der Waals surface area contributed by atoms with E-state index in [1.54, 1.807) is 20.3 Å². The molecular formula is C19H23NO4. The zero-order valence-corrected chi connectivity index (χ0v) is 14.3. The summed E-state index contributed by atoms with van der Waals surface area (Å²) in [5.41, 5.74) is 2.01. The molecule has 1 N–H and O–H groups in total. The summed E-state index contributed by atoms with van der Waals surface area (Å²) in [5, 5.41) is 2.85. The fraction of sp³-hybridized carbons (Fsp3) is 0.316. The van der Waals surface area contributed by atoms with Crippen molar-refractivity contribution in [2.75, 3.05) is 27.4 Å². The molecular weight excluding hydrogens is 306 g/mol. The number of hydrogen-bond donors (Lipinski definition) is 1. The minimum absolute atomic E-state index is 0.0601. The second-order valence-corrected chi connectivity index (χ2v) is 5.38. The number of aryl methyl sites for hydroxylation is 1. The van der Waals surface area contributed by atoms with Crippen molar-refractivity contribution in [1.29, 1.82) is 0 Å². The first-order valence-corrected chi connectivity index (χ1v) is 7.79. The molecule has 0 saturated heterocycles. The standard InChI is InChI=1S/C19H23NO4/c1-14-5-4-6-16(11-14)24-10-9-20-19(21)13-15-7-8-17(22-2)18(12-15)23-3/h4-8,11-12H,9-10,13H2,1-3H3,(H,20,21). The predicted octanol–water partition coefficient (Wildman–Crippen LogP) is 2.75. The molecule has 0 bridgehead atoms. The van der Waals surface area contributed by atoms with E-state index in [1.165, 1.54) is 0 Å². The fourth-order valence-electron chi connectivity index (χ4n) is 2.30. The van der Waals surface area contributed by atoms with Gasteiger partial charge in [-0.15, -0.1) is 0 Å². The van der Waals surface area contributed by atoms with Crippen molar-refractivity contribution in [2.24, 2.45) is 0 Å². The van der Waals surface area contributed by atoms with Gasteiger partial charge in [-0.25, -0.2) is 0 Å². The van der Waals surface area contributed by atoms with Crippen LogP contribution in [0.25, 0.3) is 0 Å². The van der Waals surface area contributed by atoms with E-state index in [0.29, 0.717) is 24.7 Å². The number of amides is 1. The molecule has 5 nitrogen and oxygen atoms in total. The number of methoxy groups -OCH3 is 2. The van der Waals surface area contributed by atoms with E-state index in [1.807, 2.05) is 43.3 Å². The zero-order valence-electron chi connectivity index (χ0n) is 14.3. The number of benzene rings is 2. The van der Waals surface area contributed by atoms with Gasteiger partial charge in [-0.3, -0.25) is 4.79 Å². The summed E-state index contributed by atoms with van der Waals surface area (Å²) >= 11 is 0. The first-order valence-electron chi connectivity index (χ1n) is 7.79. The molecule has 0 aliphatic heterocycles. The first kappa shape index (κ1) is 17.7. The molecule has 0 aliphatic rings. The number of hydrogen-bond acceptors (Lipinski definition) is 4. The average molecular weight is 329 g/mol. The van der Waals surface area contributed by atoms with Crippen LogP contribution in [-0.4, -0.2) is 33.3 Å². The molecule has 0 fully saturated rings. The third kappa shape index (κ3) is 5.19. The molecule has 0 saturated carbocycles. The van der Waals surface area contributed by atoms with Crippen LogP contribution in [-0.2, 0) is 11.2 Å². The molecule has 2 rings (SSSR count). The van der Waals surface area contributed by atoms with Crippen LogP contribution < -0.4 is 19.5 Å². The monoisotopic (exact) mass is 329 g/mol. The van der Waals surface area contributed by atoms with Gasteiger partial charge in [0.2, 0.25) is 5.91 Å². The highest BCUT2D eigenvalue weighted by Crippen LogP contribution is 2.27. The number of rotatable bonds is 8. The highest BCUT2D eigenvalue weighted by Gasteiger charge is 2.08. The quantitative estimate of drug-likeness (QED) is 0.757. The Balaban J connectivity index is 1.77. The maximum absolute atomic E-state index is 12.0. The topological polar surface area (TPSA) is 56.8 Å². The molecule has 0 atom stereocenters. The van der Waals surface area contributed by atoms with Crippen LogP contribution in [0.5, 0.6) is 17.2 Å². The van der Waals surface area contributed by atoms with Crippen molar-refractivity contribution < 1.29 is 19.0 Å². The first-order chi connectivity index (χ1) is 11.6. The van der Waals surface area contributed by atoms with Crippen LogP contribution in [0.4, 0.5) is 0 Å². The van der Waals surface area contributed by atoms with Crippen LogP contribution in [0.1, 0.15) is 11.1 Å². The van der Waals surface area contributed by atoms with Crippen LogP contribution >= 0.6 is 0 Å². The average Bonchev–Trinajstić information content (AvgIpc) is 2.58. The highest BCUT2D eigenvalue weighted by molar-refractivity contribution is 5.78. The number of nitrogens with one attached hydrogen (secondary N) is 1. The molecule has 1 amide bonds. The van der Waals surface area contributed by atoms with Crippen LogP contribution in [0.15, 0.2) is 42.5 Å². The molecule has 0 aliphatic carbocycles. The Labute approximate surface area is 142 Å². The maximum Gasteiger partial charge on any atom is 0.224 e. The van der Waals surface area contributed by atoms with Gasteiger partial charge in [-0.2, -0.15) is 0 Å². The van der Waals surface area contributed by atoms with E-state index in [9.17, 15) is 4.79 Å². The molecule has 2 aromatic rings. The van der Waals surface area contributed by atoms with Crippen LogP contribution in [0.2, 0.25) is 0 Å². The Hall–Kier alpha value is -2.69. The van der Waals surface area contributed by atoms with E-state index in [4.69, 9.17) is 14.2 Å². The van der Waals surface area contributed by atoms with E-state index in [2.05, 4.69) is 5.32 Å². The molecule has 5 heteroatoms. The largest absolute Gasteiger partial charge is 0.493 e. The molecule has 2 aromatic carbocycles. The summed E-state index contributed by atoms with van der Waals surface area (Å²) in [6.07, 6.45) is 0.283. The Morgan fingerprint density at radius 2 is 1.83 bits per heavy atom. The molecule has 0 spiro atoms.